The van der Waals surface area contributed by atoms with Gasteiger partial charge in [0.25, 0.3) is 0 Å². The van der Waals surface area contributed by atoms with Crippen LogP contribution in [0.4, 0.5) is 9.59 Å². The zero-order chi connectivity index (χ0) is 22.0. The first kappa shape index (κ1) is 26.7. The minimum absolute atomic E-state index is 0.0494. The Bertz CT molecular complexity index is 474. The molecule has 0 aliphatic rings. The summed E-state index contributed by atoms with van der Waals surface area (Å²) in [6, 6.07) is 0. The van der Waals surface area contributed by atoms with Gasteiger partial charge in [-0.15, -0.1) is 0 Å². The maximum atomic E-state index is 12.4. The summed E-state index contributed by atoms with van der Waals surface area (Å²) in [5.74, 6) is 0.485. The molecule has 0 aliphatic carbocycles. The van der Waals surface area contributed by atoms with Crippen molar-refractivity contribution in [2.45, 2.75) is 66.6 Å². The molecule has 0 aromatic carbocycles. The summed E-state index contributed by atoms with van der Waals surface area (Å²) in [5.41, 5.74) is 0. The number of hydrogen-bond acceptors (Lipinski definition) is 6. The van der Waals surface area contributed by atoms with Crippen LogP contribution >= 0.6 is 0 Å². The topological polar surface area (TPSA) is 74.3 Å². The lowest BCUT2D eigenvalue weighted by Gasteiger charge is -2.36. The molecule has 8 heteroatoms. The summed E-state index contributed by atoms with van der Waals surface area (Å²) in [6.45, 7) is 20.4. The van der Waals surface area contributed by atoms with Gasteiger partial charge in [-0.25, -0.2) is 9.59 Å². The van der Waals surface area contributed by atoms with E-state index in [0.717, 1.165) is 0 Å². The van der Waals surface area contributed by atoms with E-state index in [2.05, 4.69) is 33.9 Å². The molecule has 0 heterocycles. The van der Waals surface area contributed by atoms with E-state index in [9.17, 15) is 9.59 Å². The second-order valence-electron chi connectivity index (χ2n) is 9.37. The van der Waals surface area contributed by atoms with Crippen LogP contribution < -0.4 is 0 Å². The highest BCUT2D eigenvalue weighted by Gasteiger charge is 2.37. The van der Waals surface area contributed by atoms with Crippen molar-refractivity contribution in [2.75, 3.05) is 39.5 Å². The van der Waals surface area contributed by atoms with Gasteiger partial charge in [0.15, 0.2) is 8.32 Å². The average Bonchev–Trinajstić information content (AvgIpc) is 2.55. The fourth-order valence-electron chi connectivity index (χ4n) is 1.77. The van der Waals surface area contributed by atoms with Gasteiger partial charge in [0, 0.05) is 6.54 Å². The van der Waals surface area contributed by atoms with E-state index in [0.29, 0.717) is 26.4 Å². The molecule has 0 N–H and O–H groups in total. The zero-order valence-corrected chi connectivity index (χ0v) is 20.3. The molecule has 0 aliphatic heterocycles. The molecule has 0 atom stereocenters. The highest BCUT2D eigenvalue weighted by Crippen LogP contribution is 2.36. The summed E-state index contributed by atoms with van der Waals surface area (Å²) >= 11 is 0. The third-order valence-electron chi connectivity index (χ3n) is 4.54. The number of nitrogens with zero attached hydrogens (tertiary/aromatic N) is 1. The molecule has 28 heavy (non-hydrogen) atoms. The second-order valence-corrected chi connectivity index (χ2v) is 14.2. The molecule has 0 saturated carbocycles. The maximum absolute atomic E-state index is 12.4. The first-order valence-electron chi connectivity index (χ1n) is 10.1. The minimum Gasteiger partial charge on any atom is -0.449 e. The Labute approximate surface area is 172 Å². The number of carbonyl (C=O) groups excluding carboxylic acids is 2. The van der Waals surface area contributed by atoms with Crippen LogP contribution in [0.25, 0.3) is 0 Å². The molecule has 0 spiro atoms. The SMILES string of the molecule is CC(C)COC(=O)OCCN(CCO[Si](C)(C)C(C)(C)C)C(=O)OCC(C)C. The number of amides is 1. The molecule has 0 aromatic rings. The van der Waals surface area contributed by atoms with Crippen molar-refractivity contribution in [3.05, 3.63) is 0 Å². The summed E-state index contributed by atoms with van der Waals surface area (Å²) < 4.78 is 21.5. The number of ether oxygens (including phenoxy) is 3. The summed E-state index contributed by atoms with van der Waals surface area (Å²) in [5, 5.41) is 0.0965. The maximum Gasteiger partial charge on any atom is 0.508 e. The molecule has 0 unspecified atom stereocenters. The molecule has 1 amide bonds. The first-order chi connectivity index (χ1) is 12.8. The molecule has 7 nitrogen and oxygen atoms in total. The van der Waals surface area contributed by atoms with Crippen LogP contribution in [0.3, 0.4) is 0 Å². The van der Waals surface area contributed by atoms with Gasteiger partial charge in [-0.05, 0) is 30.0 Å². The highest BCUT2D eigenvalue weighted by atomic mass is 28.4. The summed E-state index contributed by atoms with van der Waals surface area (Å²) in [6.07, 6.45) is -1.14. The van der Waals surface area contributed by atoms with E-state index >= 15 is 0 Å². The first-order valence-corrected chi connectivity index (χ1v) is 13.0. The van der Waals surface area contributed by atoms with Crippen molar-refractivity contribution in [3.8, 4) is 0 Å². The number of carbonyl (C=O) groups is 2. The lowest BCUT2D eigenvalue weighted by molar-refractivity contribution is 0.0356. The van der Waals surface area contributed by atoms with E-state index in [-0.39, 0.29) is 30.0 Å². The largest absolute Gasteiger partial charge is 0.508 e. The molecule has 0 bridgehead atoms. The van der Waals surface area contributed by atoms with E-state index in [1.165, 1.54) is 4.90 Å². The lowest BCUT2D eigenvalue weighted by atomic mass is 10.2. The van der Waals surface area contributed by atoms with Crippen molar-refractivity contribution < 1.29 is 28.2 Å². The van der Waals surface area contributed by atoms with Crippen LogP contribution in [0.1, 0.15) is 48.5 Å². The highest BCUT2D eigenvalue weighted by molar-refractivity contribution is 6.74. The van der Waals surface area contributed by atoms with E-state index in [1.54, 1.807) is 0 Å². The third kappa shape index (κ3) is 11.5. The van der Waals surface area contributed by atoms with Crippen LogP contribution in [0, 0.1) is 11.8 Å². The number of hydrogen-bond donors (Lipinski definition) is 0. The van der Waals surface area contributed by atoms with E-state index < -0.39 is 20.6 Å². The zero-order valence-electron chi connectivity index (χ0n) is 19.3. The smallest absolute Gasteiger partial charge is 0.449 e. The fraction of sp³-hybridized carbons (Fsp3) is 0.900. The van der Waals surface area contributed by atoms with Gasteiger partial charge in [0.1, 0.15) is 6.61 Å². The Hall–Kier alpha value is -1.28. The standard InChI is InChI=1S/C20H41NO6Si/c1-16(2)14-25-18(22)21(10-12-24-19(23)26-15-17(3)4)11-13-27-28(8,9)20(5,6)7/h16-17H,10-15H2,1-9H3. The molecular weight excluding hydrogens is 378 g/mol. The van der Waals surface area contributed by atoms with Gasteiger partial charge in [0.2, 0.25) is 0 Å². The fourth-order valence-corrected chi connectivity index (χ4v) is 2.80. The second kappa shape index (κ2) is 12.3. The third-order valence-corrected chi connectivity index (χ3v) is 9.08. The average molecular weight is 420 g/mol. The quantitative estimate of drug-likeness (QED) is 0.350. The molecule has 0 rings (SSSR count). The Morgan fingerprint density at radius 1 is 0.857 bits per heavy atom. The normalized spacial score (nSPS) is 12.2. The van der Waals surface area contributed by atoms with Crippen LogP contribution in [0.15, 0.2) is 0 Å². The summed E-state index contributed by atoms with van der Waals surface area (Å²) in [7, 11) is -1.90. The van der Waals surface area contributed by atoms with E-state index in [4.69, 9.17) is 18.6 Å². The van der Waals surface area contributed by atoms with Crippen LogP contribution in [0.5, 0.6) is 0 Å². The number of rotatable bonds is 11. The van der Waals surface area contributed by atoms with E-state index in [1.807, 2.05) is 27.7 Å². The Morgan fingerprint density at radius 3 is 1.86 bits per heavy atom. The molecule has 166 valence electrons. The van der Waals surface area contributed by atoms with Crippen molar-refractivity contribution in [3.63, 3.8) is 0 Å². The van der Waals surface area contributed by atoms with Crippen LogP contribution in [-0.2, 0) is 18.6 Å². The molecule has 0 saturated heterocycles. The van der Waals surface area contributed by atoms with Crippen molar-refractivity contribution >= 4 is 20.6 Å². The van der Waals surface area contributed by atoms with Gasteiger partial charge in [-0.3, -0.25) is 0 Å². The Morgan fingerprint density at radius 2 is 1.36 bits per heavy atom. The predicted molar refractivity (Wildman–Crippen MR) is 113 cm³/mol. The Balaban J connectivity index is 4.62. The van der Waals surface area contributed by atoms with Crippen LogP contribution in [0.2, 0.25) is 18.1 Å². The van der Waals surface area contributed by atoms with Gasteiger partial charge >= 0.3 is 12.2 Å². The minimum atomic E-state index is -1.90. The lowest BCUT2D eigenvalue weighted by Crippen LogP contribution is -2.44. The van der Waals surface area contributed by atoms with Crippen molar-refractivity contribution in [1.82, 2.24) is 4.90 Å². The van der Waals surface area contributed by atoms with Crippen LogP contribution in [-0.4, -0.2) is 65.0 Å². The van der Waals surface area contributed by atoms with Crippen molar-refractivity contribution in [2.24, 2.45) is 11.8 Å². The molecule has 0 fully saturated rings. The predicted octanol–water partition coefficient (Wildman–Crippen LogP) is 4.91. The van der Waals surface area contributed by atoms with Gasteiger partial charge in [0.05, 0.1) is 26.4 Å². The van der Waals surface area contributed by atoms with Gasteiger partial charge in [-0.1, -0.05) is 48.5 Å². The monoisotopic (exact) mass is 419 g/mol. The van der Waals surface area contributed by atoms with Gasteiger partial charge < -0.3 is 23.5 Å². The van der Waals surface area contributed by atoms with Crippen molar-refractivity contribution in [1.29, 1.82) is 0 Å². The molecule has 0 aromatic heterocycles. The molecular formula is C20H41NO6Si. The summed E-state index contributed by atoms with van der Waals surface area (Å²) in [4.78, 5) is 25.5. The molecule has 0 radical (unpaired) electrons. The van der Waals surface area contributed by atoms with Gasteiger partial charge in [-0.2, -0.15) is 0 Å². The Kier molecular flexibility index (Phi) is 11.8.